The molecule has 110 valence electrons. The molecule has 0 atom stereocenters. The standard InChI is InChI=1S/C9H8F2N2O6S/c1-19-7(14)4-12-20(17,18)9-6(13(15)16)3-2-5(10)8(9)11/h2-3,12H,4H2,1H3. The van der Waals surface area contributed by atoms with Crippen LogP contribution >= 0.6 is 0 Å². The summed E-state index contributed by atoms with van der Waals surface area (Å²) in [6.45, 7) is -0.883. The first kappa shape index (κ1) is 15.9. The Morgan fingerprint density at radius 3 is 2.55 bits per heavy atom. The molecule has 0 heterocycles. The molecule has 0 unspecified atom stereocenters. The highest BCUT2D eigenvalue weighted by atomic mass is 32.2. The second kappa shape index (κ2) is 5.88. The zero-order chi connectivity index (χ0) is 15.5. The summed E-state index contributed by atoms with van der Waals surface area (Å²) in [5, 5.41) is 10.7. The van der Waals surface area contributed by atoms with E-state index < -0.39 is 49.7 Å². The van der Waals surface area contributed by atoms with Crippen molar-refractivity contribution < 1.29 is 31.7 Å². The Labute approximate surface area is 111 Å². The lowest BCUT2D eigenvalue weighted by molar-refractivity contribution is -0.388. The van der Waals surface area contributed by atoms with E-state index in [4.69, 9.17) is 0 Å². The van der Waals surface area contributed by atoms with Gasteiger partial charge in [0.2, 0.25) is 0 Å². The smallest absolute Gasteiger partial charge is 0.320 e. The van der Waals surface area contributed by atoms with E-state index in [1.54, 1.807) is 4.72 Å². The number of benzene rings is 1. The summed E-state index contributed by atoms with van der Waals surface area (Å²) in [5.41, 5.74) is -1.15. The van der Waals surface area contributed by atoms with Crippen LogP contribution in [0.5, 0.6) is 0 Å². The molecule has 1 aromatic rings. The second-order valence-electron chi connectivity index (χ2n) is 3.37. The van der Waals surface area contributed by atoms with E-state index >= 15 is 0 Å². The highest BCUT2D eigenvalue weighted by Crippen LogP contribution is 2.27. The number of esters is 1. The number of carbonyl (C=O) groups is 1. The van der Waals surface area contributed by atoms with Crippen LogP contribution in [0.1, 0.15) is 0 Å². The van der Waals surface area contributed by atoms with Crippen molar-refractivity contribution in [2.24, 2.45) is 0 Å². The molecule has 0 radical (unpaired) electrons. The zero-order valence-corrected chi connectivity index (χ0v) is 10.7. The van der Waals surface area contributed by atoms with Crippen LogP contribution in [0.4, 0.5) is 14.5 Å². The maximum atomic E-state index is 13.5. The lowest BCUT2D eigenvalue weighted by atomic mass is 10.3. The molecule has 1 rings (SSSR count). The third kappa shape index (κ3) is 3.24. The zero-order valence-electron chi connectivity index (χ0n) is 9.92. The van der Waals surface area contributed by atoms with Crippen molar-refractivity contribution in [3.05, 3.63) is 33.9 Å². The molecule has 0 saturated heterocycles. The summed E-state index contributed by atoms with van der Waals surface area (Å²) in [4.78, 5) is 18.8. The van der Waals surface area contributed by atoms with E-state index in [9.17, 15) is 32.1 Å². The van der Waals surface area contributed by atoms with E-state index in [2.05, 4.69) is 4.74 Å². The van der Waals surface area contributed by atoms with Crippen LogP contribution in [-0.4, -0.2) is 33.0 Å². The number of sulfonamides is 1. The normalized spacial score (nSPS) is 11.2. The van der Waals surface area contributed by atoms with Gasteiger partial charge in [0.1, 0.15) is 6.54 Å². The molecule has 20 heavy (non-hydrogen) atoms. The number of nitrogens with one attached hydrogen (secondary N) is 1. The molecular weight excluding hydrogens is 302 g/mol. The number of nitro benzene ring substituents is 1. The van der Waals surface area contributed by atoms with Gasteiger partial charge < -0.3 is 4.74 Å². The molecule has 0 saturated carbocycles. The van der Waals surface area contributed by atoms with Crippen molar-refractivity contribution in [2.45, 2.75) is 4.90 Å². The molecule has 0 aromatic heterocycles. The van der Waals surface area contributed by atoms with Crippen LogP contribution in [0.3, 0.4) is 0 Å². The van der Waals surface area contributed by atoms with Gasteiger partial charge in [-0.05, 0) is 6.07 Å². The van der Waals surface area contributed by atoms with Crippen molar-refractivity contribution in [2.75, 3.05) is 13.7 Å². The second-order valence-corrected chi connectivity index (χ2v) is 5.07. The number of nitro groups is 1. The van der Waals surface area contributed by atoms with E-state index in [1.165, 1.54) is 0 Å². The number of carbonyl (C=O) groups excluding carboxylic acids is 1. The fourth-order valence-electron chi connectivity index (χ4n) is 1.22. The predicted molar refractivity (Wildman–Crippen MR) is 60.2 cm³/mol. The van der Waals surface area contributed by atoms with E-state index in [0.717, 1.165) is 7.11 Å². The summed E-state index contributed by atoms with van der Waals surface area (Å²) < 4.78 is 55.7. The molecule has 0 spiro atoms. The summed E-state index contributed by atoms with van der Waals surface area (Å²) >= 11 is 0. The number of nitrogens with zero attached hydrogens (tertiary/aromatic N) is 1. The average Bonchev–Trinajstić information content (AvgIpc) is 2.38. The molecule has 8 nitrogen and oxygen atoms in total. The maximum Gasteiger partial charge on any atom is 0.320 e. The fraction of sp³-hybridized carbons (Fsp3) is 0.222. The number of hydrogen-bond acceptors (Lipinski definition) is 6. The monoisotopic (exact) mass is 310 g/mol. The van der Waals surface area contributed by atoms with Crippen molar-refractivity contribution in [1.82, 2.24) is 4.72 Å². The number of halogens is 2. The van der Waals surface area contributed by atoms with Crippen molar-refractivity contribution >= 4 is 21.7 Å². The summed E-state index contributed by atoms with van der Waals surface area (Å²) in [5.74, 6) is -4.49. The largest absolute Gasteiger partial charge is 0.468 e. The highest BCUT2D eigenvalue weighted by Gasteiger charge is 2.32. The van der Waals surface area contributed by atoms with Gasteiger partial charge in [-0.25, -0.2) is 17.2 Å². The van der Waals surface area contributed by atoms with Crippen molar-refractivity contribution in [3.8, 4) is 0 Å². The van der Waals surface area contributed by atoms with Crippen LogP contribution in [-0.2, 0) is 19.6 Å². The molecular formula is C9H8F2N2O6S. The molecule has 0 aliphatic carbocycles. The minimum Gasteiger partial charge on any atom is -0.468 e. The summed E-state index contributed by atoms with van der Waals surface area (Å²) in [6, 6.07) is 0.928. The number of methoxy groups -OCH3 is 1. The molecule has 1 aromatic carbocycles. The SMILES string of the molecule is COC(=O)CNS(=O)(=O)c1c([N+](=O)[O-])ccc(F)c1F. The molecule has 1 N–H and O–H groups in total. The van der Waals surface area contributed by atoms with E-state index in [-0.39, 0.29) is 0 Å². The van der Waals surface area contributed by atoms with Gasteiger partial charge in [-0.15, -0.1) is 0 Å². The van der Waals surface area contributed by atoms with Crippen molar-refractivity contribution in [3.63, 3.8) is 0 Å². The van der Waals surface area contributed by atoms with E-state index in [1.807, 2.05) is 0 Å². The first-order valence-corrected chi connectivity index (χ1v) is 6.38. The van der Waals surface area contributed by atoms with Crippen molar-refractivity contribution in [1.29, 1.82) is 0 Å². The van der Waals surface area contributed by atoms with Gasteiger partial charge in [-0.1, -0.05) is 0 Å². The number of ether oxygens (including phenoxy) is 1. The van der Waals surface area contributed by atoms with Crippen LogP contribution < -0.4 is 4.72 Å². The Balaban J connectivity index is 3.33. The van der Waals surface area contributed by atoms with Gasteiger partial charge in [0, 0.05) is 6.07 Å². The molecule has 0 fully saturated rings. The summed E-state index contributed by atoms with van der Waals surface area (Å²) in [7, 11) is -3.83. The van der Waals surface area contributed by atoms with Crippen LogP contribution in [0.15, 0.2) is 17.0 Å². The number of hydrogen-bond donors (Lipinski definition) is 1. The summed E-state index contributed by atoms with van der Waals surface area (Å²) in [6.07, 6.45) is 0. The third-order valence-electron chi connectivity index (χ3n) is 2.13. The van der Waals surface area contributed by atoms with Crippen LogP contribution in [0, 0.1) is 21.7 Å². The van der Waals surface area contributed by atoms with Gasteiger partial charge in [-0.3, -0.25) is 14.9 Å². The van der Waals surface area contributed by atoms with E-state index in [0.29, 0.717) is 12.1 Å². The third-order valence-corrected chi connectivity index (χ3v) is 3.58. The van der Waals surface area contributed by atoms with Gasteiger partial charge in [0.05, 0.1) is 12.0 Å². The van der Waals surface area contributed by atoms with Crippen LogP contribution in [0.2, 0.25) is 0 Å². The van der Waals surface area contributed by atoms with Gasteiger partial charge >= 0.3 is 5.97 Å². The minimum atomic E-state index is -4.80. The molecule has 0 aliphatic rings. The first-order valence-electron chi connectivity index (χ1n) is 4.89. The Hall–Kier alpha value is -2.14. The van der Waals surface area contributed by atoms with Gasteiger partial charge in [-0.2, -0.15) is 4.72 Å². The molecule has 11 heteroatoms. The topological polar surface area (TPSA) is 116 Å². The predicted octanol–water partition coefficient (Wildman–Crippen LogP) is 0.324. The Morgan fingerprint density at radius 2 is 2.05 bits per heavy atom. The molecule has 0 aliphatic heterocycles. The Morgan fingerprint density at radius 1 is 1.45 bits per heavy atom. The van der Waals surface area contributed by atoms with Gasteiger partial charge in [0.15, 0.2) is 16.5 Å². The maximum absolute atomic E-state index is 13.5. The average molecular weight is 310 g/mol. The lowest BCUT2D eigenvalue weighted by Crippen LogP contribution is -2.31. The number of rotatable bonds is 5. The quantitative estimate of drug-likeness (QED) is 0.476. The van der Waals surface area contributed by atoms with Crippen LogP contribution in [0.25, 0.3) is 0 Å². The lowest BCUT2D eigenvalue weighted by Gasteiger charge is -2.07. The molecule has 0 amide bonds. The Kier molecular flexibility index (Phi) is 4.68. The molecule has 0 bridgehead atoms. The Bertz CT molecular complexity index is 661. The first-order chi connectivity index (χ1) is 9.20. The fourth-order valence-corrected chi connectivity index (χ4v) is 2.42. The van der Waals surface area contributed by atoms with Gasteiger partial charge in [0.25, 0.3) is 15.7 Å². The minimum absolute atomic E-state index is 0.423. The highest BCUT2D eigenvalue weighted by molar-refractivity contribution is 7.89.